The number of aliphatic hydroxyl groups is 1. The molecule has 0 radical (unpaired) electrons. The van der Waals surface area contributed by atoms with E-state index in [1.54, 1.807) is 44.2 Å². The Bertz CT molecular complexity index is 449. The monoisotopic (exact) mass is 267 g/mol. The van der Waals surface area contributed by atoms with Crippen molar-refractivity contribution in [2.75, 3.05) is 13.2 Å². The van der Waals surface area contributed by atoms with Gasteiger partial charge in [-0.25, -0.2) is 0 Å². The van der Waals surface area contributed by atoms with Crippen molar-refractivity contribution in [2.24, 2.45) is 0 Å². The number of ether oxygens (including phenoxy) is 2. The minimum atomic E-state index is -1.67. The van der Waals surface area contributed by atoms with Crippen LogP contribution in [-0.4, -0.2) is 34.6 Å². The Balaban J connectivity index is 2.29. The molecule has 1 aliphatic rings. The zero-order chi connectivity index (χ0) is 14.1. The maximum Gasteiger partial charge on any atom is 0.297 e. The Morgan fingerprint density at radius 1 is 1.26 bits per heavy atom. The predicted molar refractivity (Wildman–Crippen MR) is 67.1 cm³/mol. The lowest BCUT2D eigenvalue weighted by molar-refractivity contribution is -0.609. The largest absolute Gasteiger partial charge is 0.381 e. The fraction of sp³-hybridized carbons (Fsp3) is 0.538. The van der Waals surface area contributed by atoms with Crippen molar-refractivity contribution >= 4 is 0 Å². The molecule has 1 aromatic carbocycles. The fourth-order valence-electron chi connectivity index (χ4n) is 1.99. The SMILES string of the molecule is CC1(C)OCC(C(O)c2ccccc2)([N+](=O)[O-])CO1. The molecule has 19 heavy (non-hydrogen) atoms. The van der Waals surface area contributed by atoms with Gasteiger partial charge in [-0.3, -0.25) is 10.1 Å². The first-order valence-electron chi connectivity index (χ1n) is 6.03. The molecule has 6 nitrogen and oxygen atoms in total. The summed E-state index contributed by atoms with van der Waals surface area (Å²) in [6, 6.07) is 8.53. The van der Waals surface area contributed by atoms with E-state index in [4.69, 9.17) is 9.47 Å². The predicted octanol–water partition coefficient (Wildman–Crippen LogP) is 1.52. The van der Waals surface area contributed by atoms with Gasteiger partial charge < -0.3 is 14.6 Å². The second-order valence-corrected chi connectivity index (χ2v) is 5.15. The van der Waals surface area contributed by atoms with Crippen LogP contribution in [0.25, 0.3) is 0 Å². The second kappa shape index (κ2) is 4.88. The summed E-state index contributed by atoms with van der Waals surface area (Å²) in [5, 5.41) is 21.7. The molecule has 1 aromatic rings. The van der Waals surface area contributed by atoms with E-state index >= 15 is 0 Å². The van der Waals surface area contributed by atoms with Gasteiger partial charge in [0, 0.05) is 4.92 Å². The lowest BCUT2D eigenvalue weighted by Gasteiger charge is -2.39. The first-order chi connectivity index (χ1) is 8.87. The molecule has 2 rings (SSSR count). The highest BCUT2D eigenvalue weighted by atomic mass is 16.7. The molecule has 1 heterocycles. The highest BCUT2D eigenvalue weighted by molar-refractivity contribution is 5.20. The van der Waals surface area contributed by atoms with Gasteiger partial charge in [0.1, 0.15) is 13.2 Å². The molecule has 1 unspecified atom stereocenters. The van der Waals surface area contributed by atoms with Crippen molar-refractivity contribution in [2.45, 2.75) is 31.3 Å². The van der Waals surface area contributed by atoms with Gasteiger partial charge in [0.05, 0.1) is 0 Å². The molecule has 1 N–H and O–H groups in total. The molecule has 1 fully saturated rings. The Labute approximate surface area is 111 Å². The molecule has 0 bridgehead atoms. The van der Waals surface area contributed by atoms with Crippen LogP contribution < -0.4 is 0 Å². The van der Waals surface area contributed by atoms with Crippen LogP contribution in [-0.2, 0) is 9.47 Å². The van der Waals surface area contributed by atoms with Crippen molar-refractivity contribution in [3.63, 3.8) is 0 Å². The molecule has 1 atom stereocenters. The van der Waals surface area contributed by atoms with Gasteiger partial charge in [0.15, 0.2) is 11.9 Å². The summed E-state index contributed by atoms with van der Waals surface area (Å²) in [5.41, 5.74) is -1.19. The lowest BCUT2D eigenvalue weighted by Crippen LogP contribution is -2.59. The number of hydrogen-bond acceptors (Lipinski definition) is 5. The Kier molecular flexibility index (Phi) is 3.58. The molecule has 6 heteroatoms. The van der Waals surface area contributed by atoms with E-state index in [-0.39, 0.29) is 13.2 Å². The summed E-state index contributed by atoms with van der Waals surface area (Å²) in [6.45, 7) is 2.99. The average molecular weight is 267 g/mol. The van der Waals surface area contributed by atoms with Crippen LogP contribution in [0.1, 0.15) is 25.5 Å². The summed E-state index contributed by atoms with van der Waals surface area (Å²) in [5.74, 6) is -0.865. The van der Waals surface area contributed by atoms with E-state index in [1.807, 2.05) is 0 Å². The minimum absolute atomic E-state index is 0.191. The van der Waals surface area contributed by atoms with E-state index in [0.717, 1.165) is 0 Å². The number of nitrogens with zero attached hydrogens (tertiary/aromatic N) is 1. The number of rotatable bonds is 3. The maximum atomic E-state index is 11.4. The van der Waals surface area contributed by atoms with Gasteiger partial charge in [0.25, 0.3) is 5.54 Å². The molecule has 0 amide bonds. The van der Waals surface area contributed by atoms with Crippen LogP contribution >= 0.6 is 0 Å². The van der Waals surface area contributed by atoms with Crippen LogP contribution in [0, 0.1) is 10.1 Å². The Hall–Kier alpha value is -1.50. The van der Waals surface area contributed by atoms with Gasteiger partial charge in [-0.15, -0.1) is 0 Å². The molecule has 1 saturated heterocycles. The maximum absolute atomic E-state index is 11.4. The van der Waals surface area contributed by atoms with E-state index in [0.29, 0.717) is 5.56 Å². The molecule has 0 saturated carbocycles. The summed E-state index contributed by atoms with van der Waals surface area (Å²) >= 11 is 0. The topological polar surface area (TPSA) is 81.8 Å². The van der Waals surface area contributed by atoms with Gasteiger partial charge in [-0.1, -0.05) is 30.3 Å². The van der Waals surface area contributed by atoms with Gasteiger partial charge >= 0.3 is 0 Å². The molecule has 104 valence electrons. The highest BCUT2D eigenvalue weighted by Crippen LogP contribution is 2.35. The number of aliphatic hydroxyl groups excluding tert-OH is 1. The van der Waals surface area contributed by atoms with Crippen molar-refractivity contribution in [3.8, 4) is 0 Å². The lowest BCUT2D eigenvalue weighted by atomic mass is 9.88. The van der Waals surface area contributed by atoms with Gasteiger partial charge in [-0.2, -0.15) is 0 Å². The Morgan fingerprint density at radius 3 is 2.26 bits per heavy atom. The van der Waals surface area contributed by atoms with Crippen molar-refractivity contribution in [1.29, 1.82) is 0 Å². The third-order valence-electron chi connectivity index (χ3n) is 3.33. The van der Waals surface area contributed by atoms with Crippen molar-refractivity contribution < 1.29 is 19.5 Å². The number of nitro groups is 1. The second-order valence-electron chi connectivity index (χ2n) is 5.15. The standard InChI is InChI=1S/C13H17NO5/c1-12(2)18-8-13(9-19-12,14(16)17)11(15)10-6-4-3-5-7-10/h3-7,11,15H,8-9H2,1-2H3. The third-order valence-corrected chi connectivity index (χ3v) is 3.33. The molecule has 0 aromatic heterocycles. The molecule has 1 aliphatic heterocycles. The molecular formula is C13H17NO5. The molecular weight excluding hydrogens is 250 g/mol. The van der Waals surface area contributed by atoms with E-state index in [9.17, 15) is 15.2 Å². The van der Waals surface area contributed by atoms with Crippen LogP contribution in [0.3, 0.4) is 0 Å². The summed E-state index contributed by atoms with van der Waals surface area (Å²) in [4.78, 5) is 10.9. The third kappa shape index (κ3) is 2.60. The van der Waals surface area contributed by atoms with Crippen LogP contribution in [0.15, 0.2) is 30.3 Å². The van der Waals surface area contributed by atoms with Crippen molar-refractivity contribution in [3.05, 3.63) is 46.0 Å². The highest BCUT2D eigenvalue weighted by Gasteiger charge is 2.56. The number of benzene rings is 1. The minimum Gasteiger partial charge on any atom is -0.381 e. The van der Waals surface area contributed by atoms with Gasteiger partial charge in [0.2, 0.25) is 0 Å². The van der Waals surface area contributed by atoms with Crippen LogP contribution in [0.5, 0.6) is 0 Å². The summed E-state index contributed by atoms with van der Waals surface area (Å²) in [7, 11) is 0. The van der Waals surface area contributed by atoms with E-state index < -0.39 is 22.4 Å². The van der Waals surface area contributed by atoms with E-state index in [1.165, 1.54) is 0 Å². The summed E-state index contributed by atoms with van der Waals surface area (Å²) in [6.07, 6.45) is -1.28. The fourth-order valence-corrected chi connectivity index (χ4v) is 1.99. The zero-order valence-corrected chi connectivity index (χ0v) is 10.9. The summed E-state index contributed by atoms with van der Waals surface area (Å²) < 4.78 is 10.7. The quantitative estimate of drug-likeness (QED) is 0.663. The average Bonchev–Trinajstić information content (AvgIpc) is 2.39. The van der Waals surface area contributed by atoms with Gasteiger partial charge in [-0.05, 0) is 19.4 Å². The Morgan fingerprint density at radius 2 is 1.79 bits per heavy atom. The first kappa shape index (κ1) is 13.9. The smallest absolute Gasteiger partial charge is 0.297 e. The van der Waals surface area contributed by atoms with Crippen LogP contribution in [0.4, 0.5) is 0 Å². The van der Waals surface area contributed by atoms with E-state index in [2.05, 4.69) is 0 Å². The van der Waals surface area contributed by atoms with Crippen LogP contribution in [0.2, 0.25) is 0 Å². The van der Waals surface area contributed by atoms with Crippen molar-refractivity contribution in [1.82, 2.24) is 0 Å². The number of hydrogen-bond donors (Lipinski definition) is 1. The zero-order valence-electron chi connectivity index (χ0n) is 10.9. The normalized spacial score (nSPS) is 22.7. The molecule has 0 aliphatic carbocycles. The first-order valence-corrected chi connectivity index (χ1v) is 6.03. The molecule has 0 spiro atoms.